The molecule has 0 aromatic heterocycles. The average Bonchev–Trinajstić information content (AvgIpc) is 2.69. The molecule has 0 heterocycles. The second kappa shape index (κ2) is 11.0. The van der Waals surface area contributed by atoms with Gasteiger partial charge in [-0.3, -0.25) is 0 Å². The molecule has 1 unspecified atom stereocenters. The fourth-order valence-electron chi connectivity index (χ4n) is 3.05. The number of rotatable bonds is 9. The minimum atomic E-state index is -0.0643. The third-order valence-electron chi connectivity index (χ3n) is 4.40. The van der Waals surface area contributed by atoms with Crippen LogP contribution in [0.3, 0.4) is 0 Å². The van der Waals surface area contributed by atoms with Gasteiger partial charge in [-0.2, -0.15) is 0 Å². The van der Waals surface area contributed by atoms with Crippen LogP contribution in [0, 0.1) is 0 Å². The van der Waals surface area contributed by atoms with E-state index in [0.29, 0.717) is 13.2 Å². The molecular weight excluding hydrogens is 374 g/mol. The first-order valence-corrected chi connectivity index (χ1v) is 9.23. The molecule has 0 bridgehead atoms. The van der Waals surface area contributed by atoms with E-state index in [4.69, 9.17) is 14.6 Å². The van der Waals surface area contributed by atoms with E-state index in [1.54, 1.807) is 0 Å². The summed E-state index contributed by atoms with van der Waals surface area (Å²) in [5, 5.41) is 11.4. The summed E-state index contributed by atoms with van der Waals surface area (Å²) in [6, 6.07) is 22.7. The highest BCUT2D eigenvalue weighted by molar-refractivity contribution is 5.85. The van der Waals surface area contributed by atoms with Crippen molar-refractivity contribution in [2.24, 2.45) is 0 Å². The standard InChI is InChI=1S/C23H27NO3.ClH/c1-24(2)16-23(26-13-12-25)21-9-8-20-15-22(11-10-19(20)14-21)27-17-18-6-4-3-5-7-18;/h3-11,14-15,23,25H,12-13,16-17H2,1-2H3;1H. The Bertz CT molecular complexity index is 855. The molecule has 0 saturated carbocycles. The van der Waals surface area contributed by atoms with Gasteiger partial charge in [0.25, 0.3) is 0 Å². The maximum atomic E-state index is 9.08. The fourth-order valence-corrected chi connectivity index (χ4v) is 3.05. The number of likely N-dealkylation sites (N-methyl/N-ethyl adjacent to an activating group) is 1. The topological polar surface area (TPSA) is 41.9 Å². The van der Waals surface area contributed by atoms with Crippen LogP contribution in [-0.4, -0.2) is 43.9 Å². The lowest BCUT2D eigenvalue weighted by molar-refractivity contribution is 0.0142. The molecule has 4 nitrogen and oxygen atoms in total. The molecule has 3 aromatic carbocycles. The lowest BCUT2D eigenvalue weighted by Gasteiger charge is -2.22. The number of aliphatic hydroxyl groups is 1. The van der Waals surface area contributed by atoms with E-state index >= 15 is 0 Å². The summed E-state index contributed by atoms with van der Waals surface area (Å²) in [4.78, 5) is 2.09. The quantitative estimate of drug-likeness (QED) is 0.575. The van der Waals surface area contributed by atoms with Crippen LogP contribution in [-0.2, 0) is 11.3 Å². The molecule has 1 atom stereocenters. The summed E-state index contributed by atoms with van der Waals surface area (Å²) in [6.45, 7) is 1.69. The second-order valence-corrected chi connectivity index (χ2v) is 6.89. The van der Waals surface area contributed by atoms with Gasteiger partial charge in [0.05, 0.1) is 19.3 Å². The molecule has 5 heteroatoms. The summed E-state index contributed by atoms with van der Waals surface area (Å²) in [6.07, 6.45) is -0.0643. The van der Waals surface area contributed by atoms with E-state index in [9.17, 15) is 0 Å². The molecule has 0 spiro atoms. The number of benzene rings is 3. The summed E-state index contributed by atoms with van der Waals surface area (Å²) in [5.41, 5.74) is 2.27. The van der Waals surface area contributed by atoms with Crippen molar-refractivity contribution in [1.29, 1.82) is 0 Å². The third-order valence-corrected chi connectivity index (χ3v) is 4.40. The third kappa shape index (κ3) is 6.21. The molecule has 0 aliphatic carbocycles. The molecule has 3 aromatic rings. The Hall–Kier alpha value is -2.11. The molecule has 3 rings (SSSR count). The first-order valence-electron chi connectivity index (χ1n) is 9.23. The van der Waals surface area contributed by atoms with Crippen molar-refractivity contribution < 1.29 is 14.6 Å². The molecule has 150 valence electrons. The Labute approximate surface area is 173 Å². The van der Waals surface area contributed by atoms with Crippen molar-refractivity contribution in [2.45, 2.75) is 12.7 Å². The van der Waals surface area contributed by atoms with Gasteiger partial charge in [-0.1, -0.05) is 48.5 Å². The van der Waals surface area contributed by atoms with Gasteiger partial charge in [0.1, 0.15) is 12.4 Å². The van der Waals surface area contributed by atoms with Crippen LogP contribution in [0.1, 0.15) is 17.2 Å². The van der Waals surface area contributed by atoms with E-state index in [2.05, 4.69) is 47.4 Å². The van der Waals surface area contributed by atoms with Crippen LogP contribution in [0.15, 0.2) is 66.7 Å². The van der Waals surface area contributed by atoms with Crippen molar-refractivity contribution in [3.05, 3.63) is 77.9 Å². The maximum Gasteiger partial charge on any atom is 0.120 e. The van der Waals surface area contributed by atoms with Crippen molar-refractivity contribution in [2.75, 3.05) is 33.9 Å². The number of aliphatic hydroxyl groups excluding tert-OH is 1. The van der Waals surface area contributed by atoms with Crippen LogP contribution in [0.5, 0.6) is 5.75 Å². The summed E-state index contributed by atoms with van der Waals surface area (Å²) >= 11 is 0. The van der Waals surface area contributed by atoms with Gasteiger partial charge >= 0.3 is 0 Å². The maximum absolute atomic E-state index is 9.08. The van der Waals surface area contributed by atoms with Gasteiger partial charge < -0.3 is 19.5 Å². The molecule has 1 N–H and O–H groups in total. The van der Waals surface area contributed by atoms with Crippen LogP contribution >= 0.6 is 12.4 Å². The van der Waals surface area contributed by atoms with Crippen LogP contribution in [0.4, 0.5) is 0 Å². The van der Waals surface area contributed by atoms with Crippen molar-refractivity contribution in [3.63, 3.8) is 0 Å². The summed E-state index contributed by atoms with van der Waals surface area (Å²) in [5.74, 6) is 0.862. The zero-order valence-corrected chi connectivity index (χ0v) is 17.2. The molecule has 0 fully saturated rings. The lowest BCUT2D eigenvalue weighted by atomic mass is 10.0. The van der Waals surface area contributed by atoms with Gasteiger partial charge in [0, 0.05) is 6.54 Å². The number of nitrogens with zero attached hydrogens (tertiary/aromatic N) is 1. The van der Waals surface area contributed by atoms with E-state index < -0.39 is 0 Å². The van der Waals surface area contributed by atoms with Gasteiger partial charge in [-0.05, 0) is 54.2 Å². The molecule has 0 aliphatic rings. The van der Waals surface area contributed by atoms with Crippen molar-refractivity contribution >= 4 is 23.2 Å². The lowest BCUT2D eigenvalue weighted by Crippen LogP contribution is -2.23. The molecule has 0 saturated heterocycles. The zero-order chi connectivity index (χ0) is 19.1. The Morgan fingerprint density at radius 1 is 0.929 bits per heavy atom. The first kappa shape index (κ1) is 22.2. The first-order chi connectivity index (χ1) is 13.2. The highest BCUT2D eigenvalue weighted by atomic mass is 35.5. The molecular formula is C23H28ClNO3. The van der Waals surface area contributed by atoms with Crippen LogP contribution in [0.2, 0.25) is 0 Å². The Morgan fingerprint density at radius 3 is 2.36 bits per heavy atom. The number of hydrogen-bond acceptors (Lipinski definition) is 4. The Balaban J connectivity index is 0.00000280. The number of halogens is 1. The largest absolute Gasteiger partial charge is 0.489 e. The van der Waals surface area contributed by atoms with E-state index in [-0.39, 0.29) is 25.1 Å². The number of fused-ring (bicyclic) bond motifs is 1. The predicted octanol–water partition coefficient (Wildman–Crippen LogP) is 4.45. The minimum Gasteiger partial charge on any atom is -0.489 e. The van der Waals surface area contributed by atoms with E-state index in [0.717, 1.165) is 34.2 Å². The smallest absolute Gasteiger partial charge is 0.120 e. The summed E-state index contributed by atoms with van der Waals surface area (Å²) in [7, 11) is 4.04. The average molecular weight is 402 g/mol. The molecule has 0 radical (unpaired) electrons. The molecule has 28 heavy (non-hydrogen) atoms. The van der Waals surface area contributed by atoms with Crippen LogP contribution in [0.25, 0.3) is 10.8 Å². The minimum absolute atomic E-state index is 0. The van der Waals surface area contributed by atoms with E-state index in [1.165, 1.54) is 0 Å². The molecule has 0 aliphatic heterocycles. The monoisotopic (exact) mass is 401 g/mol. The Morgan fingerprint density at radius 2 is 1.64 bits per heavy atom. The summed E-state index contributed by atoms with van der Waals surface area (Å²) < 4.78 is 11.8. The highest BCUT2D eigenvalue weighted by Crippen LogP contribution is 2.26. The zero-order valence-electron chi connectivity index (χ0n) is 16.4. The van der Waals surface area contributed by atoms with Gasteiger partial charge in [-0.25, -0.2) is 0 Å². The molecule has 0 amide bonds. The van der Waals surface area contributed by atoms with Gasteiger partial charge in [0.15, 0.2) is 0 Å². The van der Waals surface area contributed by atoms with Gasteiger partial charge in [0.2, 0.25) is 0 Å². The fraction of sp³-hybridized carbons (Fsp3) is 0.304. The number of ether oxygens (including phenoxy) is 2. The predicted molar refractivity (Wildman–Crippen MR) is 116 cm³/mol. The SMILES string of the molecule is CN(C)CC(OCCO)c1ccc2cc(OCc3ccccc3)ccc2c1.Cl. The Kier molecular flexibility index (Phi) is 8.74. The van der Waals surface area contributed by atoms with Crippen molar-refractivity contribution in [3.8, 4) is 5.75 Å². The highest BCUT2D eigenvalue weighted by Gasteiger charge is 2.14. The van der Waals surface area contributed by atoms with Gasteiger partial charge in [-0.15, -0.1) is 12.4 Å². The van der Waals surface area contributed by atoms with Crippen LogP contribution < -0.4 is 4.74 Å². The van der Waals surface area contributed by atoms with E-state index in [1.807, 2.05) is 38.4 Å². The second-order valence-electron chi connectivity index (χ2n) is 6.89. The van der Waals surface area contributed by atoms with Crippen molar-refractivity contribution in [1.82, 2.24) is 4.90 Å². The number of hydrogen-bond donors (Lipinski definition) is 1. The normalized spacial score (nSPS) is 12.0.